The summed E-state index contributed by atoms with van der Waals surface area (Å²) in [5.41, 5.74) is 1.05. The first-order chi connectivity index (χ1) is 13.1. The molecule has 7 heteroatoms. The van der Waals surface area contributed by atoms with Crippen LogP contribution in [0.2, 0.25) is 5.02 Å². The van der Waals surface area contributed by atoms with Crippen LogP contribution in [0.15, 0.2) is 76.8 Å². The van der Waals surface area contributed by atoms with Gasteiger partial charge in [-0.25, -0.2) is 9.78 Å². The average Bonchev–Trinajstić information content (AvgIpc) is 2.70. The van der Waals surface area contributed by atoms with Gasteiger partial charge in [0, 0.05) is 16.8 Å². The fourth-order valence-corrected chi connectivity index (χ4v) is 3.41. The Morgan fingerprint density at radius 2 is 1.81 bits per heavy atom. The molecule has 0 fully saturated rings. The lowest BCUT2D eigenvalue weighted by molar-refractivity contribution is 0.0600. The SMILES string of the molecule is COC(=O)c1cc(NC(=O)c2cccnc2Sc2ccccc2)ccc1Cl. The molecule has 0 unspecified atom stereocenters. The van der Waals surface area contributed by atoms with Gasteiger partial charge < -0.3 is 10.1 Å². The van der Waals surface area contributed by atoms with Gasteiger partial charge in [-0.15, -0.1) is 0 Å². The van der Waals surface area contributed by atoms with Gasteiger partial charge in [-0.1, -0.05) is 41.6 Å². The molecule has 0 aliphatic rings. The molecule has 1 heterocycles. The van der Waals surface area contributed by atoms with Crippen molar-refractivity contribution in [1.29, 1.82) is 0 Å². The number of esters is 1. The van der Waals surface area contributed by atoms with Crippen LogP contribution < -0.4 is 5.32 Å². The summed E-state index contributed by atoms with van der Waals surface area (Å²) in [6.45, 7) is 0. The summed E-state index contributed by atoms with van der Waals surface area (Å²) in [6, 6.07) is 17.7. The molecule has 2 aromatic carbocycles. The Morgan fingerprint density at radius 3 is 2.56 bits per heavy atom. The molecular formula is C20H15ClN2O3S. The van der Waals surface area contributed by atoms with Crippen LogP contribution in [0.4, 0.5) is 5.69 Å². The molecular weight excluding hydrogens is 384 g/mol. The van der Waals surface area contributed by atoms with E-state index in [4.69, 9.17) is 16.3 Å². The molecule has 3 rings (SSSR count). The summed E-state index contributed by atoms with van der Waals surface area (Å²) in [4.78, 5) is 29.8. The highest BCUT2D eigenvalue weighted by Gasteiger charge is 2.16. The van der Waals surface area contributed by atoms with Gasteiger partial charge in [0.2, 0.25) is 0 Å². The first-order valence-electron chi connectivity index (χ1n) is 7.95. The second kappa shape index (κ2) is 8.70. The molecule has 5 nitrogen and oxygen atoms in total. The average molecular weight is 399 g/mol. The molecule has 0 saturated heterocycles. The zero-order chi connectivity index (χ0) is 19.2. The third-order valence-electron chi connectivity index (χ3n) is 3.60. The largest absolute Gasteiger partial charge is 0.465 e. The number of carbonyl (C=O) groups excluding carboxylic acids is 2. The maximum Gasteiger partial charge on any atom is 0.339 e. The normalized spacial score (nSPS) is 10.3. The van der Waals surface area contributed by atoms with Crippen molar-refractivity contribution in [3.05, 3.63) is 83.0 Å². The summed E-state index contributed by atoms with van der Waals surface area (Å²) < 4.78 is 4.70. The van der Waals surface area contributed by atoms with Gasteiger partial charge in [0.25, 0.3) is 5.91 Å². The van der Waals surface area contributed by atoms with Crippen molar-refractivity contribution in [3.8, 4) is 0 Å². The number of aromatic nitrogens is 1. The molecule has 0 aliphatic heterocycles. The van der Waals surface area contributed by atoms with Crippen LogP contribution in [0.3, 0.4) is 0 Å². The minimum Gasteiger partial charge on any atom is -0.465 e. The molecule has 0 aliphatic carbocycles. The van der Waals surface area contributed by atoms with Gasteiger partial charge >= 0.3 is 5.97 Å². The molecule has 0 radical (unpaired) electrons. The topological polar surface area (TPSA) is 68.3 Å². The van der Waals surface area contributed by atoms with E-state index in [1.54, 1.807) is 24.4 Å². The molecule has 27 heavy (non-hydrogen) atoms. The zero-order valence-corrected chi connectivity index (χ0v) is 15.9. The number of hydrogen-bond donors (Lipinski definition) is 1. The van der Waals surface area contributed by atoms with Gasteiger partial charge in [0.1, 0.15) is 5.03 Å². The zero-order valence-electron chi connectivity index (χ0n) is 14.3. The summed E-state index contributed by atoms with van der Waals surface area (Å²) >= 11 is 7.41. The van der Waals surface area contributed by atoms with Gasteiger partial charge in [-0.2, -0.15) is 0 Å². The Labute approximate surface area is 165 Å². The summed E-state index contributed by atoms with van der Waals surface area (Å²) in [6.07, 6.45) is 1.64. The quantitative estimate of drug-likeness (QED) is 0.617. The maximum atomic E-state index is 12.7. The highest BCUT2D eigenvalue weighted by molar-refractivity contribution is 7.99. The summed E-state index contributed by atoms with van der Waals surface area (Å²) in [5, 5.41) is 3.61. The number of nitrogens with one attached hydrogen (secondary N) is 1. The van der Waals surface area contributed by atoms with Crippen molar-refractivity contribution >= 4 is 40.9 Å². The molecule has 0 bridgehead atoms. The number of benzene rings is 2. The fraction of sp³-hybridized carbons (Fsp3) is 0.0500. The molecule has 1 aromatic heterocycles. The number of nitrogens with zero attached hydrogens (tertiary/aromatic N) is 1. The van der Waals surface area contributed by atoms with Crippen molar-refractivity contribution < 1.29 is 14.3 Å². The Hall–Kier alpha value is -2.83. The van der Waals surface area contributed by atoms with E-state index in [9.17, 15) is 9.59 Å². The first-order valence-corrected chi connectivity index (χ1v) is 9.15. The van der Waals surface area contributed by atoms with Crippen LogP contribution in [0.5, 0.6) is 0 Å². The highest BCUT2D eigenvalue weighted by atomic mass is 35.5. The smallest absolute Gasteiger partial charge is 0.339 e. The lowest BCUT2D eigenvalue weighted by Gasteiger charge is -2.10. The summed E-state index contributed by atoms with van der Waals surface area (Å²) in [7, 11) is 1.27. The van der Waals surface area contributed by atoms with E-state index in [2.05, 4.69) is 10.3 Å². The van der Waals surface area contributed by atoms with E-state index in [0.717, 1.165) is 4.90 Å². The van der Waals surface area contributed by atoms with Crippen LogP contribution in [-0.2, 0) is 4.74 Å². The molecule has 1 amide bonds. The van der Waals surface area contributed by atoms with E-state index in [0.29, 0.717) is 16.3 Å². The standard InChI is InChI=1S/C20H15ClN2O3S/c1-26-20(25)16-12-13(9-10-17(16)21)23-18(24)15-8-5-11-22-19(15)27-14-6-3-2-4-7-14/h2-12H,1H3,(H,23,24). The van der Waals surface area contributed by atoms with Crippen LogP contribution >= 0.6 is 23.4 Å². The number of methoxy groups -OCH3 is 1. The molecule has 1 N–H and O–H groups in total. The molecule has 0 saturated carbocycles. The van der Waals surface area contributed by atoms with E-state index in [-0.39, 0.29) is 16.5 Å². The lowest BCUT2D eigenvalue weighted by Crippen LogP contribution is -2.14. The molecule has 3 aromatic rings. The second-order valence-corrected chi connectivity index (χ2v) is 6.88. The number of halogens is 1. The van der Waals surface area contributed by atoms with Gasteiger partial charge in [0.05, 0.1) is 23.3 Å². The van der Waals surface area contributed by atoms with E-state index in [1.165, 1.54) is 31.0 Å². The van der Waals surface area contributed by atoms with E-state index in [1.807, 2.05) is 30.3 Å². The summed E-state index contributed by atoms with van der Waals surface area (Å²) in [5.74, 6) is -0.905. The monoisotopic (exact) mass is 398 g/mol. The molecule has 0 atom stereocenters. The van der Waals surface area contributed by atoms with Crippen molar-refractivity contribution in [2.75, 3.05) is 12.4 Å². The minimum absolute atomic E-state index is 0.182. The maximum absolute atomic E-state index is 12.7. The number of anilines is 1. The second-order valence-electron chi connectivity index (χ2n) is 5.41. The van der Waals surface area contributed by atoms with Crippen molar-refractivity contribution in [1.82, 2.24) is 4.98 Å². The van der Waals surface area contributed by atoms with Crippen molar-refractivity contribution in [2.24, 2.45) is 0 Å². The van der Waals surface area contributed by atoms with Crippen LogP contribution in [0.25, 0.3) is 0 Å². The predicted molar refractivity (Wildman–Crippen MR) is 106 cm³/mol. The number of carbonyl (C=O) groups is 2. The molecule has 136 valence electrons. The number of amides is 1. The van der Waals surface area contributed by atoms with Crippen LogP contribution in [-0.4, -0.2) is 24.0 Å². The number of rotatable bonds is 5. The molecule has 0 spiro atoms. The van der Waals surface area contributed by atoms with Gasteiger partial charge in [0.15, 0.2) is 0 Å². The third kappa shape index (κ3) is 4.67. The predicted octanol–water partition coefficient (Wildman–Crippen LogP) is 4.93. The van der Waals surface area contributed by atoms with Crippen molar-refractivity contribution in [3.63, 3.8) is 0 Å². The minimum atomic E-state index is -0.571. The Kier molecular flexibility index (Phi) is 6.11. The Balaban J connectivity index is 1.84. The van der Waals surface area contributed by atoms with Crippen molar-refractivity contribution in [2.45, 2.75) is 9.92 Å². The van der Waals surface area contributed by atoms with Crippen LogP contribution in [0.1, 0.15) is 20.7 Å². The first kappa shape index (κ1) is 18.9. The Bertz CT molecular complexity index is 980. The fourth-order valence-electron chi connectivity index (χ4n) is 2.31. The van der Waals surface area contributed by atoms with Gasteiger partial charge in [-0.05, 0) is 42.5 Å². The number of pyridine rings is 1. The van der Waals surface area contributed by atoms with Crippen LogP contribution in [0, 0.1) is 0 Å². The van der Waals surface area contributed by atoms with E-state index < -0.39 is 5.97 Å². The lowest BCUT2D eigenvalue weighted by atomic mass is 10.2. The number of hydrogen-bond acceptors (Lipinski definition) is 5. The number of ether oxygens (including phenoxy) is 1. The highest BCUT2D eigenvalue weighted by Crippen LogP contribution is 2.29. The third-order valence-corrected chi connectivity index (χ3v) is 4.96. The Morgan fingerprint density at radius 1 is 1.04 bits per heavy atom. The van der Waals surface area contributed by atoms with Gasteiger partial charge in [-0.3, -0.25) is 4.79 Å². The van der Waals surface area contributed by atoms with E-state index >= 15 is 0 Å².